The Morgan fingerprint density at radius 2 is 1.40 bits per heavy atom. The van der Waals surface area contributed by atoms with Gasteiger partial charge < -0.3 is 19.3 Å². The fourth-order valence-electron chi connectivity index (χ4n) is 4.85. The van der Waals surface area contributed by atoms with Crippen LogP contribution in [0.5, 0.6) is 11.5 Å². The minimum atomic E-state index is -3.83. The number of carbonyl (C=O) groups is 1. The fraction of sp³-hybridized carbons (Fsp3) is 0.242. The molecule has 1 saturated heterocycles. The Bertz CT molecular complexity index is 1570. The Balaban J connectivity index is 1.22. The molecule has 4 aromatic rings. The van der Waals surface area contributed by atoms with Gasteiger partial charge in [-0.1, -0.05) is 48.0 Å². The molecule has 4 aromatic carbocycles. The number of carbonyl (C=O) groups excluding carboxylic acids is 1. The Morgan fingerprint density at radius 1 is 0.786 bits per heavy atom. The van der Waals surface area contributed by atoms with Crippen LogP contribution in [0.4, 0.5) is 11.4 Å². The number of amides is 1. The largest absolute Gasteiger partial charge is 0.497 e. The SMILES string of the molecule is COc1ccc(N2CCN(C(=O)COc3ccc(N(Cc4ccccc4)S(=O)(=O)c4ccc(C)cc4)cc3)CC2)cc1. The van der Waals surface area contributed by atoms with Crippen molar-refractivity contribution in [1.82, 2.24) is 4.90 Å². The number of sulfonamides is 1. The molecule has 1 amide bonds. The van der Waals surface area contributed by atoms with Crippen LogP contribution >= 0.6 is 0 Å². The van der Waals surface area contributed by atoms with E-state index in [1.54, 1.807) is 55.6 Å². The average Bonchev–Trinajstić information content (AvgIpc) is 3.03. The summed E-state index contributed by atoms with van der Waals surface area (Å²) in [6, 6.07) is 31.1. The molecule has 0 N–H and O–H groups in total. The Morgan fingerprint density at radius 3 is 2.02 bits per heavy atom. The second-order valence-corrected chi connectivity index (χ2v) is 12.0. The number of piperazine rings is 1. The van der Waals surface area contributed by atoms with Crippen LogP contribution in [0.3, 0.4) is 0 Å². The first kappa shape index (κ1) is 29.0. The number of benzene rings is 4. The van der Waals surface area contributed by atoms with Gasteiger partial charge in [0, 0.05) is 31.9 Å². The molecule has 0 saturated carbocycles. The molecule has 5 rings (SSSR count). The van der Waals surface area contributed by atoms with Gasteiger partial charge in [-0.15, -0.1) is 0 Å². The molecule has 0 spiro atoms. The van der Waals surface area contributed by atoms with E-state index < -0.39 is 10.0 Å². The summed E-state index contributed by atoms with van der Waals surface area (Å²) in [4.78, 5) is 17.1. The second kappa shape index (κ2) is 13.0. The monoisotopic (exact) mass is 585 g/mol. The van der Waals surface area contributed by atoms with Gasteiger partial charge in [0.1, 0.15) is 11.5 Å². The van der Waals surface area contributed by atoms with E-state index in [0.29, 0.717) is 24.5 Å². The molecule has 218 valence electrons. The van der Waals surface area contributed by atoms with Gasteiger partial charge in [0.2, 0.25) is 0 Å². The summed E-state index contributed by atoms with van der Waals surface area (Å²) in [7, 11) is -2.18. The summed E-state index contributed by atoms with van der Waals surface area (Å²) in [5, 5.41) is 0. The highest BCUT2D eigenvalue weighted by molar-refractivity contribution is 7.92. The molecule has 42 heavy (non-hydrogen) atoms. The van der Waals surface area contributed by atoms with Crippen LogP contribution in [0, 0.1) is 6.92 Å². The van der Waals surface area contributed by atoms with Gasteiger partial charge in [0.05, 0.1) is 24.2 Å². The van der Waals surface area contributed by atoms with Crippen LogP contribution in [-0.2, 0) is 21.4 Å². The molecule has 1 aliphatic rings. The van der Waals surface area contributed by atoms with Gasteiger partial charge >= 0.3 is 0 Å². The van der Waals surface area contributed by atoms with Crippen molar-refractivity contribution in [2.45, 2.75) is 18.4 Å². The first-order valence-corrected chi connectivity index (χ1v) is 15.3. The lowest BCUT2D eigenvalue weighted by Crippen LogP contribution is -2.50. The van der Waals surface area contributed by atoms with Gasteiger partial charge in [0.25, 0.3) is 15.9 Å². The predicted octanol–water partition coefficient (Wildman–Crippen LogP) is 5.13. The number of methoxy groups -OCH3 is 1. The number of hydrogen-bond donors (Lipinski definition) is 0. The molecule has 0 atom stereocenters. The molecular weight excluding hydrogens is 550 g/mol. The van der Waals surface area contributed by atoms with Gasteiger partial charge in [-0.05, 0) is 73.2 Å². The summed E-state index contributed by atoms with van der Waals surface area (Å²) < 4.78 is 39.8. The minimum absolute atomic E-state index is 0.0823. The first-order chi connectivity index (χ1) is 20.3. The normalized spacial score (nSPS) is 13.5. The van der Waals surface area contributed by atoms with Gasteiger partial charge in [-0.3, -0.25) is 9.10 Å². The Hall–Kier alpha value is -4.50. The van der Waals surface area contributed by atoms with Crippen molar-refractivity contribution in [3.05, 3.63) is 114 Å². The zero-order chi connectivity index (χ0) is 29.5. The molecule has 0 aromatic heterocycles. The van der Waals surface area contributed by atoms with E-state index in [1.165, 1.54) is 4.31 Å². The van der Waals surface area contributed by atoms with Gasteiger partial charge in [-0.2, -0.15) is 0 Å². The van der Waals surface area contributed by atoms with E-state index in [2.05, 4.69) is 4.90 Å². The molecular formula is C33H35N3O5S. The Labute approximate surface area is 247 Å². The number of ether oxygens (including phenoxy) is 2. The fourth-order valence-corrected chi connectivity index (χ4v) is 6.31. The third-order valence-electron chi connectivity index (χ3n) is 7.33. The van der Waals surface area contributed by atoms with Gasteiger partial charge in [-0.25, -0.2) is 8.42 Å². The van der Waals surface area contributed by atoms with E-state index in [4.69, 9.17) is 9.47 Å². The molecule has 1 fully saturated rings. The lowest BCUT2D eigenvalue weighted by atomic mass is 10.2. The topological polar surface area (TPSA) is 79.4 Å². The van der Waals surface area contributed by atoms with Crippen molar-refractivity contribution in [3.63, 3.8) is 0 Å². The number of hydrogen-bond acceptors (Lipinski definition) is 6. The maximum absolute atomic E-state index is 13.7. The number of rotatable bonds is 10. The van der Waals surface area contributed by atoms with Crippen molar-refractivity contribution in [1.29, 1.82) is 0 Å². The molecule has 1 heterocycles. The van der Waals surface area contributed by atoms with E-state index in [0.717, 1.165) is 35.7 Å². The summed E-state index contributed by atoms with van der Waals surface area (Å²) >= 11 is 0. The highest BCUT2D eigenvalue weighted by atomic mass is 32.2. The quantitative estimate of drug-likeness (QED) is 0.257. The molecule has 8 nitrogen and oxygen atoms in total. The minimum Gasteiger partial charge on any atom is -0.497 e. The third-order valence-corrected chi connectivity index (χ3v) is 9.12. The third kappa shape index (κ3) is 6.86. The smallest absolute Gasteiger partial charge is 0.264 e. The first-order valence-electron chi connectivity index (χ1n) is 13.9. The zero-order valence-electron chi connectivity index (χ0n) is 23.8. The van der Waals surface area contributed by atoms with Crippen LogP contribution in [0.25, 0.3) is 0 Å². The van der Waals surface area contributed by atoms with E-state index in [9.17, 15) is 13.2 Å². The summed E-state index contributed by atoms with van der Waals surface area (Å²) in [5.74, 6) is 1.23. The highest BCUT2D eigenvalue weighted by Crippen LogP contribution is 2.28. The summed E-state index contributed by atoms with van der Waals surface area (Å²) in [5.41, 5.74) is 3.46. The van der Waals surface area contributed by atoms with Crippen LogP contribution in [0.1, 0.15) is 11.1 Å². The molecule has 9 heteroatoms. The van der Waals surface area contributed by atoms with Crippen LogP contribution < -0.4 is 18.7 Å². The van der Waals surface area contributed by atoms with Crippen LogP contribution in [0.2, 0.25) is 0 Å². The van der Waals surface area contributed by atoms with Crippen LogP contribution in [0.15, 0.2) is 108 Å². The zero-order valence-corrected chi connectivity index (χ0v) is 24.7. The molecule has 1 aliphatic heterocycles. The second-order valence-electron chi connectivity index (χ2n) is 10.2. The summed E-state index contributed by atoms with van der Waals surface area (Å²) in [6.07, 6.45) is 0. The van der Waals surface area contributed by atoms with E-state index in [-0.39, 0.29) is 24.0 Å². The maximum Gasteiger partial charge on any atom is 0.264 e. The van der Waals surface area contributed by atoms with E-state index in [1.807, 2.05) is 66.4 Å². The lowest BCUT2D eigenvalue weighted by Gasteiger charge is -2.36. The van der Waals surface area contributed by atoms with Crippen molar-refractivity contribution in [2.75, 3.05) is 49.1 Å². The van der Waals surface area contributed by atoms with Crippen LogP contribution in [-0.4, -0.2) is 59.1 Å². The maximum atomic E-state index is 13.7. The van der Waals surface area contributed by atoms with Crippen molar-refractivity contribution in [2.24, 2.45) is 0 Å². The van der Waals surface area contributed by atoms with Crippen molar-refractivity contribution < 1.29 is 22.7 Å². The standard InChI is InChI=1S/C33H35N3O5S/c1-26-8-18-32(19-9-26)42(38,39)36(24-27-6-4-3-5-7-27)29-12-16-31(17-13-29)41-25-33(37)35-22-20-34(21-23-35)28-10-14-30(40-2)15-11-28/h3-19H,20-25H2,1-2H3. The molecule has 0 bridgehead atoms. The molecule has 0 aliphatic carbocycles. The van der Waals surface area contributed by atoms with Crippen molar-refractivity contribution >= 4 is 27.3 Å². The number of aryl methyl sites for hydroxylation is 1. The average molecular weight is 586 g/mol. The van der Waals surface area contributed by atoms with Crippen molar-refractivity contribution in [3.8, 4) is 11.5 Å². The Kier molecular flexibility index (Phi) is 8.97. The highest BCUT2D eigenvalue weighted by Gasteiger charge is 2.26. The van der Waals surface area contributed by atoms with E-state index >= 15 is 0 Å². The summed E-state index contributed by atoms with van der Waals surface area (Å²) in [6.45, 7) is 4.70. The lowest BCUT2D eigenvalue weighted by molar-refractivity contribution is -0.133. The number of anilines is 2. The molecule has 0 radical (unpaired) electrons. The predicted molar refractivity (Wildman–Crippen MR) is 165 cm³/mol. The number of nitrogens with zero attached hydrogens (tertiary/aromatic N) is 3. The van der Waals surface area contributed by atoms with Gasteiger partial charge in [0.15, 0.2) is 6.61 Å². The molecule has 0 unspecified atom stereocenters.